The summed E-state index contributed by atoms with van der Waals surface area (Å²) in [6, 6.07) is 7.91. The fraction of sp³-hybridized carbons (Fsp3) is 0.267. The van der Waals surface area contributed by atoms with Gasteiger partial charge in [-0.25, -0.2) is 0 Å². The van der Waals surface area contributed by atoms with E-state index < -0.39 is 0 Å². The number of amides is 1. The average molecular weight is 300 g/mol. The zero-order valence-electron chi connectivity index (χ0n) is 12.2. The van der Waals surface area contributed by atoms with Crippen LogP contribution in [-0.4, -0.2) is 20.5 Å². The predicted octanol–water partition coefficient (Wildman–Crippen LogP) is 3.22. The Bertz CT molecular complexity index is 801. The molecule has 2 aromatic heterocycles. The number of hydrogen-bond donors (Lipinski definition) is 1. The topological polar surface area (TPSA) is 59.3 Å². The first-order valence-corrected chi connectivity index (χ1v) is 7.63. The molecule has 0 aliphatic heterocycles. The van der Waals surface area contributed by atoms with Crippen LogP contribution < -0.4 is 5.32 Å². The first-order chi connectivity index (χ1) is 10.1. The number of carbonyl (C=O) groups is 1. The highest BCUT2D eigenvalue weighted by Gasteiger charge is 2.18. The Kier molecular flexibility index (Phi) is 3.47. The average Bonchev–Trinajstić information content (AvgIpc) is 3.01. The van der Waals surface area contributed by atoms with Gasteiger partial charge in [-0.3, -0.25) is 9.20 Å². The summed E-state index contributed by atoms with van der Waals surface area (Å²) in [4.78, 5) is 13.8. The number of hydrogen-bond acceptors (Lipinski definition) is 4. The fourth-order valence-corrected chi connectivity index (χ4v) is 3.29. The minimum absolute atomic E-state index is 0.105. The molecule has 108 valence electrons. The lowest BCUT2D eigenvalue weighted by Gasteiger charge is -2.05. The molecular formula is C15H16N4OS. The maximum absolute atomic E-state index is 12.4. The van der Waals surface area contributed by atoms with Gasteiger partial charge < -0.3 is 5.32 Å². The van der Waals surface area contributed by atoms with Crippen molar-refractivity contribution in [2.24, 2.45) is 0 Å². The van der Waals surface area contributed by atoms with Gasteiger partial charge in [-0.1, -0.05) is 30.4 Å². The highest BCUT2D eigenvalue weighted by Crippen LogP contribution is 2.23. The van der Waals surface area contributed by atoms with Crippen LogP contribution in [0.2, 0.25) is 0 Å². The zero-order valence-corrected chi connectivity index (χ0v) is 13.0. The van der Waals surface area contributed by atoms with E-state index in [4.69, 9.17) is 0 Å². The fourth-order valence-electron chi connectivity index (χ4n) is 2.28. The molecule has 1 amide bonds. The Morgan fingerprint density at radius 3 is 2.57 bits per heavy atom. The molecule has 0 saturated heterocycles. The number of carbonyl (C=O) groups excluding carboxylic acids is 1. The number of nitrogens with one attached hydrogen (secondary N) is 1. The Balaban J connectivity index is 1.87. The van der Waals surface area contributed by atoms with Gasteiger partial charge in [0.1, 0.15) is 10.7 Å². The third-order valence-corrected chi connectivity index (χ3v) is 4.61. The number of thiazole rings is 1. The molecule has 5 nitrogen and oxygen atoms in total. The number of fused-ring (bicyclic) bond motifs is 1. The van der Waals surface area contributed by atoms with Crippen molar-refractivity contribution in [1.82, 2.24) is 14.6 Å². The van der Waals surface area contributed by atoms with Crippen molar-refractivity contribution >= 4 is 27.9 Å². The summed E-state index contributed by atoms with van der Waals surface area (Å²) in [6.07, 6.45) is 0.988. The van der Waals surface area contributed by atoms with Gasteiger partial charge in [0.25, 0.3) is 5.91 Å². The molecule has 0 radical (unpaired) electrons. The predicted molar refractivity (Wildman–Crippen MR) is 84.1 cm³/mol. The van der Waals surface area contributed by atoms with E-state index in [0.717, 1.165) is 28.6 Å². The number of aryl methyl sites for hydroxylation is 3. The second kappa shape index (κ2) is 5.29. The number of aromatic nitrogens is 3. The van der Waals surface area contributed by atoms with E-state index >= 15 is 0 Å². The van der Waals surface area contributed by atoms with Crippen LogP contribution in [0.15, 0.2) is 24.3 Å². The van der Waals surface area contributed by atoms with E-state index in [-0.39, 0.29) is 5.91 Å². The van der Waals surface area contributed by atoms with Gasteiger partial charge in [0.2, 0.25) is 4.96 Å². The smallest absolute Gasteiger partial charge is 0.267 e. The highest BCUT2D eigenvalue weighted by atomic mass is 32.1. The molecule has 0 spiro atoms. The number of nitrogens with zero attached hydrogens (tertiary/aromatic N) is 3. The van der Waals surface area contributed by atoms with Gasteiger partial charge in [0, 0.05) is 11.4 Å². The van der Waals surface area contributed by atoms with Crippen molar-refractivity contribution < 1.29 is 4.79 Å². The third kappa shape index (κ3) is 2.42. The second-order valence-corrected chi connectivity index (χ2v) is 5.86. The summed E-state index contributed by atoms with van der Waals surface area (Å²) in [5.41, 5.74) is 2.93. The largest absolute Gasteiger partial charge is 0.321 e. The highest BCUT2D eigenvalue weighted by molar-refractivity contribution is 7.19. The first kappa shape index (κ1) is 13.8. The molecule has 6 heteroatoms. The SMILES string of the molecule is CCc1ccc(NC(=O)c2sc3nnc(C)n3c2C)cc1. The van der Waals surface area contributed by atoms with Crippen molar-refractivity contribution in [2.45, 2.75) is 27.2 Å². The lowest BCUT2D eigenvalue weighted by Crippen LogP contribution is -2.12. The van der Waals surface area contributed by atoms with E-state index in [9.17, 15) is 4.79 Å². The van der Waals surface area contributed by atoms with Crippen LogP contribution in [0.5, 0.6) is 0 Å². The van der Waals surface area contributed by atoms with Crippen LogP contribution >= 0.6 is 11.3 Å². The van der Waals surface area contributed by atoms with Crippen molar-refractivity contribution in [3.05, 3.63) is 46.2 Å². The van der Waals surface area contributed by atoms with Crippen molar-refractivity contribution in [2.75, 3.05) is 5.32 Å². The normalized spacial score (nSPS) is 11.0. The van der Waals surface area contributed by atoms with E-state index in [1.54, 1.807) is 0 Å². The van der Waals surface area contributed by atoms with Crippen molar-refractivity contribution in [3.8, 4) is 0 Å². The maximum Gasteiger partial charge on any atom is 0.267 e. The van der Waals surface area contributed by atoms with Crippen LogP contribution in [0.4, 0.5) is 5.69 Å². The van der Waals surface area contributed by atoms with Crippen LogP contribution in [0.3, 0.4) is 0 Å². The molecule has 0 fully saturated rings. The van der Waals surface area contributed by atoms with Gasteiger partial charge >= 0.3 is 0 Å². The number of rotatable bonds is 3. The molecule has 1 aromatic carbocycles. The Morgan fingerprint density at radius 1 is 1.24 bits per heavy atom. The van der Waals surface area contributed by atoms with Crippen LogP contribution in [0, 0.1) is 13.8 Å². The van der Waals surface area contributed by atoms with Gasteiger partial charge in [0.15, 0.2) is 0 Å². The molecule has 1 N–H and O–H groups in total. The van der Waals surface area contributed by atoms with Crippen LogP contribution in [0.1, 0.15) is 33.7 Å². The number of benzene rings is 1. The van der Waals surface area contributed by atoms with Gasteiger partial charge in [0.05, 0.1) is 0 Å². The summed E-state index contributed by atoms with van der Waals surface area (Å²) in [7, 11) is 0. The van der Waals surface area contributed by atoms with Crippen LogP contribution in [-0.2, 0) is 6.42 Å². The molecular weight excluding hydrogens is 284 g/mol. The lowest BCUT2D eigenvalue weighted by molar-refractivity contribution is 0.102. The number of anilines is 1. The molecule has 3 aromatic rings. The lowest BCUT2D eigenvalue weighted by atomic mass is 10.1. The Morgan fingerprint density at radius 2 is 1.95 bits per heavy atom. The minimum atomic E-state index is -0.105. The molecule has 0 atom stereocenters. The molecule has 0 unspecified atom stereocenters. The standard InChI is InChI=1S/C15H16N4OS/c1-4-11-5-7-12(8-6-11)16-14(20)13-9(2)19-10(3)17-18-15(19)21-13/h5-8H,4H2,1-3H3,(H,16,20). The van der Waals surface area contributed by atoms with Gasteiger partial charge in [-0.2, -0.15) is 0 Å². The molecule has 21 heavy (non-hydrogen) atoms. The Hall–Kier alpha value is -2.21. The molecule has 0 aliphatic carbocycles. The summed E-state index contributed by atoms with van der Waals surface area (Å²) in [6.45, 7) is 5.90. The van der Waals surface area contributed by atoms with E-state index in [2.05, 4.69) is 22.4 Å². The van der Waals surface area contributed by atoms with E-state index in [1.807, 2.05) is 42.5 Å². The third-order valence-electron chi connectivity index (χ3n) is 3.48. The maximum atomic E-state index is 12.4. The second-order valence-electron chi connectivity index (χ2n) is 4.89. The monoisotopic (exact) mass is 300 g/mol. The van der Waals surface area contributed by atoms with Gasteiger partial charge in [-0.05, 0) is 38.0 Å². The Labute approximate surface area is 126 Å². The summed E-state index contributed by atoms with van der Waals surface area (Å²) in [5, 5.41) is 11.0. The molecule has 0 bridgehead atoms. The zero-order chi connectivity index (χ0) is 15.0. The van der Waals surface area contributed by atoms with Gasteiger partial charge in [-0.15, -0.1) is 10.2 Å². The summed E-state index contributed by atoms with van der Waals surface area (Å²) >= 11 is 1.36. The molecule has 0 aliphatic rings. The summed E-state index contributed by atoms with van der Waals surface area (Å²) < 4.78 is 1.90. The van der Waals surface area contributed by atoms with Crippen LogP contribution in [0.25, 0.3) is 4.96 Å². The van der Waals surface area contributed by atoms with E-state index in [1.165, 1.54) is 16.9 Å². The quantitative estimate of drug-likeness (QED) is 0.808. The molecule has 3 rings (SSSR count). The van der Waals surface area contributed by atoms with Crippen molar-refractivity contribution in [1.29, 1.82) is 0 Å². The summed E-state index contributed by atoms with van der Waals surface area (Å²) in [5.74, 6) is 0.691. The minimum Gasteiger partial charge on any atom is -0.321 e. The molecule has 0 saturated carbocycles. The van der Waals surface area contributed by atoms with Crippen molar-refractivity contribution in [3.63, 3.8) is 0 Å². The first-order valence-electron chi connectivity index (χ1n) is 6.81. The molecule has 2 heterocycles. The van der Waals surface area contributed by atoms with E-state index in [0.29, 0.717) is 4.88 Å².